The van der Waals surface area contributed by atoms with Crippen molar-refractivity contribution in [2.45, 2.75) is 45.1 Å². The first-order valence-electron chi connectivity index (χ1n) is 5.89. The fourth-order valence-corrected chi connectivity index (χ4v) is 3.68. The van der Waals surface area contributed by atoms with E-state index in [1.54, 1.807) is 4.31 Å². The molecule has 0 aromatic carbocycles. The predicted octanol–water partition coefficient (Wildman–Crippen LogP) is 1.71. The van der Waals surface area contributed by atoms with E-state index in [-0.39, 0.29) is 6.04 Å². The third kappa shape index (κ3) is 4.57. The highest BCUT2D eigenvalue weighted by atomic mass is 35.5. The summed E-state index contributed by atoms with van der Waals surface area (Å²) in [6.07, 6.45) is 4.84. The standard InChI is InChI=1S/C10H21ClN2O2S/c1-10(6-7-11)12-16(14,15)13-8-4-2-3-5-9-13/h10,12H,2-9H2,1H3. The second-order valence-electron chi connectivity index (χ2n) is 4.31. The predicted molar refractivity (Wildman–Crippen MR) is 66.9 cm³/mol. The number of rotatable bonds is 5. The van der Waals surface area contributed by atoms with Crippen LogP contribution in [0.1, 0.15) is 39.0 Å². The topological polar surface area (TPSA) is 49.4 Å². The molecule has 1 atom stereocenters. The SMILES string of the molecule is CC(CCCl)NS(=O)(=O)N1CCCCCC1. The highest BCUT2D eigenvalue weighted by Crippen LogP contribution is 2.13. The molecule has 0 aromatic heterocycles. The average molecular weight is 269 g/mol. The van der Waals surface area contributed by atoms with Crippen molar-refractivity contribution >= 4 is 21.8 Å². The summed E-state index contributed by atoms with van der Waals surface area (Å²) in [6, 6.07) is -0.0919. The highest BCUT2D eigenvalue weighted by Gasteiger charge is 2.24. The van der Waals surface area contributed by atoms with E-state index in [0.717, 1.165) is 25.7 Å². The lowest BCUT2D eigenvalue weighted by Crippen LogP contribution is -2.44. The summed E-state index contributed by atoms with van der Waals surface area (Å²) in [5.41, 5.74) is 0. The first-order valence-corrected chi connectivity index (χ1v) is 7.87. The first-order chi connectivity index (χ1) is 7.56. The fourth-order valence-electron chi connectivity index (χ4n) is 1.83. The Morgan fingerprint density at radius 3 is 2.31 bits per heavy atom. The van der Waals surface area contributed by atoms with Gasteiger partial charge in [0.15, 0.2) is 0 Å². The molecule has 1 fully saturated rings. The van der Waals surface area contributed by atoms with Gasteiger partial charge in [0.25, 0.3) is 10.2 Å². The maximum Gasteiger partial charge on any atom is 0.279 e. The van der Waals surface area contributed by atoms with Crippen LogP contribution in [0.4, 0.5) is 0 Å². The Bertz CT molecular complexity index is 287. The molecule has 0 aromatic rings. The Labute approximate surface area is 104 Å². The Morgan fingerprint density at radius 1 is 1.25 bits per heavy atom. The van der Waals surface area contributed by atoms with Crippen LogP contribution in [-0.2, 0) is 10.2 Å². The molecular weight excluding hydrogens is 248 g/mol. The van der Waals surface area contributed by atoms with Crippen molar-refractivity contribution in [2.24, 2.45) is 0 Å². The molecule has 4 nitrogen and oxygen atoms in total. The molecule has 0 aliphatic carbocycles. The number of hydrogen-bond donors (Lipinski definition) is 1. The summed E-state index contributed by atoms with van der Waals surface area (Å²) in [6.45, 7) is 3.13. The average Bonchev–Trinajstić information content (AvgIpc) is 2.45. The van der Waals surface area contributed by atoms with Gasteiger partial charge in [0.05, 0.1) is 0 Å². The minimum atomic E-state index is -3.30. The van der Waals surface area contributed by atoms with E-state index in [4.69, 9.17) is 11.6 Å². The molecule has 0 bridgehead atoms. The van der Waals surface area contributed by atoms with Gasteiger partial charge in [-0.25, -0.2) is 0 Å². The van der Waals surface area contributed by atoms with Crippen molar-refractivity contribution in [3.8, 4) is 0 Å². The molecule has 1 aliphatic rings. The maximum absolute atomic E-state index is 12.0. The van der Waals surface area contributed by atoms with Crippen LogP contribution in [0.2, 0.25) is 0 Å². The van der Waals surface area contributed by atoms with Gasteiger partial charge >= 0.3 is 0 Å². The number of nitrogens with zero attached hydrogens (tertiary/aromatic N) is 1. The van der Waals surface area contributed by atoms with Gasteiger partial charge < -0.3 is 0 Å². The van der Waals surface area contributed by atoms with E-state index in [0.29, 0.717) is 25.4 Å². The Balaban J connectivity index is 2.54. The van der Waals surface area contributed by atoms with Gasteiger partial charge in [-0.05, 0) is 26.2 Å². The maximum atomic E-state index is 12.0. The summed E-state index contributed by atoms with van der Waals surface area (Å²) in [7, 11) is -3.30. The minimum Gasteiger partial charge on any atom is -0.199 e. The fraction of sp³-hybridized carbons (Fsp3) is 1.00. The Kier molecular flexibility index (Phi) is 6.03. The summed E-state index contributed by atoms with van der Waals surface area (Å²) in [5.74, 6) is 0.476. The van der Waals surface area contributed by atoms with Gasteiger partial charge in [-0.15, -0.1) is 11.6 Å². The summed E-state index contributed by atoms with van der Waals surface area (Å²) < 4.78 is 28.2. The van der Waals surface area contributed by atoms with Crippen LogP contribution in [0.25, 0.3) is 0 Å². The molecule has 1 N–H and O–H groups in total. The molecule has 0 spiro atoms. The quantitative estimate of drug-likeness (QED) is 0.772. The molecule has 1 aliphatic heterocycles. The number of nitrogens with one attached hydrogen (secondary N) is 1. The Hall–Kier alpha value is 0.160. The normalized spacial score (nSPS) is 21.6. The van der Waals surface area contributed by atoms with Gasteiger partial charge in [0.1, 0.15) is 0 Å². The van der Waals surface area contributed by atoms with Crippen molar-refractivity contribution < 1.29 is 8.42 Å². The second kappa shape index (κ2) is 6.79. The van der Waals surface area contributed by atoms with Crippen LogP contribution in [0, 0.1) is 0 Å². The van der Waals surface area contributed by atoms with Gasteiger partial charge in [-0.1, -0.05) is 12.8 Å². The second-order valence-corrected chi connectivity index (χ2v) is 6.40. The van der Waals surface area contributed by atoms with Crippen molar-refractivity contribution in [2.75, 3.05) is 19.0 Å². The molecule has 1 saturated heterocycles. The largest absolute Gasteiger partial charge is 0.279 e. The summed E-state index contributed by atoms with van der Waals surface area (Å²) >= 11 is 5.59. The Morgan fingerprint density at radius 2 is 1.81 bits per heavy atom. The summed E-state index contributed by atoms with van der Waals surface area (Å²) in [5, 5.41) is 0. The highest BCUT2D eigenvalue weighted by molar-refractivity contribution is 7.87. The van der Waals surface area contributed by atoms with Crippen LogP contribution < -0.4 is 4.72 Å². The van der Waals surface area contributed by atoms with Crippen LogP contribution in [0.3, 0.4) is 0 Å². The lowest BCUT2D eigenvalue weighted by molar-refractivity contribution is 0.408. The van der Waals surface area contributed by atoms with Gasteiger partial charge in [0.2, 0.25) is 0 Å². The first kappa shape index (κ1) is 14.2. The van der Waals surface area contributed by atoms with E-state index < -0.39 is 10.2 Å². The minimum absolute atomic E-state index is 0.0919. The van der Waals surface area contributed by atoms with Gasteiger partial charge in [-0.3, -0.25) is 0 Å². The third-order valence-corrected chi connectivity index (χ3v) is 4.76. The number of halogens is 1. The molecule has 0 saturated carbocycles. The van der Waals surface area contributed by atoms with Gasteiger partial charge in [-0.2, -0.15) is 17.4 Å². The lowest BCUT2D eigenvalue weighted by Gasteiger charge is -2.22. The monoisotopic (exact) mass is 268 g/mol. The van der Waals surface area contributed by atoms with Gasteiger partial charge in [0, 0.05) is 25.0 Å². The van der Waals surface area contributed by atoms with Crippen LogP contribution in [0.15, 0.2) is 0 Å². The zero-order valence-electron chi connectivity index (χ0n) is 9.78. The van der Waals surface area contributed by atoms with E-state index in [1.165, 1.54) is 0 Å². The number of hydrogen-bond acceptors (Lipinski definition) is 2. The molecule has 1 rings (SSSR count). The molecular formula is C10H21ClN2O2S. The molecule has 0 radical (unpaired) electrons. The van der Waals surface area contributed by atoms with E-state index in [2.05, 4.69) is 4.72 Å². The lowest BCUT2D eigenvalue weighted by atomic mass is 10.2. The number of alkyl halides is 1. The molecule has 1 unspecified atom stereocenters. The summed E-state index contributed by atoms with van der Waals surface area (Å²) in [4.78, 5) is 0. The van der Waals surface area contributed by atoms with Crippen molar-refractivity contribution in [3.63, 3.8) is 0 Å². The van der Waals surface area contributed by atoms with E-state index >= 15 is 0 Å². The third-order valence-electron chi connectivity index (χ3n) is 2.80. The molecule has 96 valence electrons. The molecule has 1 heterocycles. The smallest absolute Gasteiger partial charge is 0.199 e. The zero-order valence-corrected chi connectivity index (χ0v) is 11.4. The van der Waals surface area contributed by atoms with Crippen LogP contribution >= 0.6 is 11.6 Å². The molecule has 0 amide bonds. The van der Waals surface area contributed by atoms with Crippen LogP contribution in [-0.4, -0.2) is 37.7 Å². The van der Waals surface area contributed by atoms with Crippen molar-refractivity contribution in [1.82, 2.24) is 9.03 Å². The zero-order chi connectivity index (χ0) is 12.0. The van der Waals surface area contributed by atoms with E-state index in [1.807, 2.05) is 6.92 Å². The van der Waals surface area contributed by atoms with Crippen molar-refractivity contribution in [3.05, 3.63) is 0 Å². The van der Waals surface area contributed by atoms with Crippen molar-refractivity contribution in [1.29, 1.82) is 0 Å². The molecule has 6 heteroatoms. The molecule has 16 heavy (non-hydrogen) atoms. The van der Waals surface area contributed by atoms with Crippen LogP contribution in [0.5, 0.6) is 0 Å². The van der Waals surface area contributed by atoms with E-state index in [9.17, 15) is 8.42 Å².